The largest absolute Gasteiger partial charge is 0.497 e. The van der Waals surface area contributed by atoms with Gasteiger partial charge in [0.15, 0.2) is 0 Å². The maximum atomic E-state index is 12.4. The van der Waals surface area contributed by atoms with Gasteiger partial charge in [0.2, 0.25) is 5.91 Å². The second-order valence-corrected chi connectivity index (χ2v) is 5.42. The average Bonchev–Trinajstić information content (AvgIpc) is 3.03. The minimum absolute atomic E-state index is 0.112. The van der Waals surface area contributed by atoms with Crippen LogP contribution < -0.4 is 9.47 Å². The summed E-state index contributed by atoms with van der Waals surface area (Å²) in [6, 6.07) is 5.65. The van der Waals surface area contributed by atoms with Crippen molar-refractivity contribution in [3.05, 3.63) is 47.5 Å². The van der Waals surface area contributed by atoms with Crippen LogP contribution in [-0.2, 0) is 24.3 Å². The molecule has 120 valence electrons. The highest BCUT2D eigenvalue weighted by Gasteiger charge is 2.24. The molecule has 23 heavy (non-hydrogen) atoms. The van der Waals surface area contributed by atoms with E-state index in [1.54, 1.807) is 20.4 Å². The van der Waals surface area contributed by atoms with E-state index in [-0.39, 0.29) is 5.91 Å². The fourth-order valence-corrected chi connectivity index (χ4v) is 2.73. The molecule has 0 bridgehead atoms. The van der Waals surface area contributed by atoms with Crippen molar-refractivity contribution in [2.45, 2.75) is 25.9 Å². The predicted molar refractivity (Wildman–Crippen MR) is 84.2 cm³/mol. The minimum Gasteiger partial charge on any atom is -0.497 e. The van der Waals surface area contributed by atoms with Gasteiger partial charge in [-0.1, -0.05) is 6.07 Å². The van der Waals surface area contributed by atoms with E-state index in [2.05, 4.69) is 9.97 Å². The van der Waals surface area contributed by atoms with Crippen LogP contribution >= 0.6 is 0 Å². The van der Waals surface area contributed by atoms with Crippen LogP contribution in [0.1, 0.15) is 23.2 Å². The molecule has 0 spiro atoms. The van der Waals surface area contributed by atoms with Gasteiger partial charge >= 0.3 is 0 Å². The molecule has 0 N–H and O–H groups in total. The molecule has 6 heteroatoms. The SMILES string of the molecule is COc1ccc(CCC(=O)N2Cc3cncnc3C2)c(OC)c1. The Hall–Kier alpha value is -2.63. The monoisotopic (exact) mass is 313 g/mol. The smallest absolute Gasteiger partial charge is 0.223 e. The Kier molecular flexibility index (Phi) is 4.41. The van der Waals surface area contributed by atoms with E-state index in [0.29, 0.717) is 25.9 Å². The van der Waals surface area contributed by atoms with E-state index in [0.717, 1.165) is 28.3 Å². The van der Waals surface area contributed by atoms with Crippen molar-refractivity contribution in [3.63, 3.8) is 0 Å². The Morgan fingerprint density at radius 2 is 2.13 bits per heavy atom. The number of methoxy groups -OCH3 is 2. The quantitative estimate of drug-likeness (QED) is 0.844. The summed E-state index contributed by atoms with van der Waals surface area (Å²) in [5.74, 6) is 1.60. The van der Waals surface area contributed by atoms with Crippen molar-refractivity contribution in [2.24, 2.45) is 0 Å². The molecular weight excluding hydrogens is 294 g/mol. The summed E-state index contributed by atoms with van der Waals surface area (Å²) >= 11 is 0. The molecule has 0 aliphatic carbocycles. The van der Waals surface area contributed by atoms with Crippen LogP contribution in [0.5, 0.6) is 11.5 Å². The van der Waals surface area contributed by atoms with Gasteiger partial charge in [-0.2, -0.15) is 0 Å². The maximum absolute atomic E-state index is 12.4. The first-order chi connectivity index (χ1) is 11.2. The number of carbonyl (C=O) groups is 1. The zero-order chi connectivity index (χ0) is 16.2. The van der Waals surface area contributed by atoms with E-state index in [1.807, 2.05) is 23.1 Å². The number of carbonyl (C=O) groups excluding carboxylic acids is 1. The van der Waals surface area contributed by atoms with Crippen molar-refractivity contribution < 1.29 is 14.3 Å². The fraction of sp³-hybridized carbons (Fsp3) is 0.353. The summed E-state index contributed by atoms with van der Waals surface area (Å²) in [6.07, 6.45) is 4.37. The molecule has 0 saturated carbocycles. The summed E-state index contributed by atoms with van der Waals surface area (Å²) in [5, 5.41) is 0. The molecule has 0 unspecified atom stereocenters. The molecule has 1 aliphatic heterocycles. The lowest BCUT2D eigenvalue weighted by molar-refractivity contribution is -0.131. The summed E-state index contributed by atoms with van der Waals surface area (Å²) in [7, 11) is 3.24. The summed E-state index contributed by atoms with van der Waals surface area (Å²) in [6.45, 7) is 1.16. The Morgan fingerprint density at radius 3 is 2.87 bits per heavy atom. The zero-order valence-electron chi connectivity index (χ0n) is 13.3. The molecule has 0 atom stereocenters. The van der Waals surface area contributed by atoms with Crippen molar-refractivity contribution in [1.29, 1.82) is 0 Å². The average molecular weight is 313 g/mol. The normalized spacial score (nSPS) is 12.9. The van der Waals surface area contributed by atoms with E-state index in [9.17, 15) is 4.79 Å². The van der Waals surface area contributed by atoms with E-state index >= 15 is 0 Å². The van der Waals surface area contributed by atoms with Gasteiger partial charge in [0.05, 0.1) is 26.5 Å². The van der Waals surface area contributed by atoms with Crippen LogP contribution in [0.25, 0.3) is 0 Å². The number of amides is 1. The molecule has 1 aromatic heterocycles. The van der Waals surface area contributed by atoms with Gasteiger partial charge in [-0.05, 0) is 18.1 Å². The van der Waals surface area contributed by atoms with Gasteiger partial charge in [-0.25, -0.2) is 9.97 Å². The van der Waals surface area contributed by atoms with Crippen LogP contribution in [-0.4, -0.2) is 35.0 Å². The number of aromatic nitrogens is 2. The van der Waals surface area contributed by atoms with Gasteiger partial charge in [0.1, 0.15) is 17.8 Å². The third kappa shape index (κ3) is 3.26. The highest BCUT2D eigenvalue weighted by atomic mass is 16.5. The highest BCUT2D eigenvalue weighted by Crippen LogP contribution is 2.26. The van der Waals surface area contributed by atoms with Gasteiger partial charge in [0.25, 0.3) is 0 Å². The number of aryl methyl sites for hydroxylation is 1. The molecule has 6 nitrogen and oxygen atoms in total. The number of benzene rings is 1. The molecule has 1 amide bonds. The van der Waals surface area contributed by atoms with E-state index in [1.165, 1.54) is 6.33 Å². The fourth-order valence-electron chi connectivity index (χ4n) is 2.73. The van der Waals surface area contributed by atoms with Crippen molar-refractivity contribution in [1.82, 2.24) is 14.9 Å². The first-order valence-corrected chi connectivity index (χ1v) is 7.47. The summed E-state index contributed by atoms with van der Waals surface area (Å²) in [4.78, 5) is 22.5. The second-order valence-electron chi connectivity index (χ2n) is 5.42. The standard InChI is InChI=1S/C17H19N3O3/c1-22-14-5-3-12(16(7-14)23-2)4-6-17(21)20-9-13-8-18-11-19-15(13)10-20/h3,5,7-8,11H,4,6,9-10H2,1-2H3. The molecular formula is C17H19N3O3. The van der Waals surface area contributed by atoms with Crippen molar-refractivity contribution in [3.8, 4) is 11.5 Å². The van der Waals surface area contributed by atoms with Crippen LogP contribution in [0.2, 0.25) is 0 Å². The zero-order valence-corrected chi connectivity index (χ0v) is 13.3. The van der Waals surface area contributed by atoms with Crippen molar-refractivity contribution in [2.75, 3.05) is 14.2 Å². The highest BCUT2D eigenvalue weighted by molar-refractivity contribution is 5.77. The van der Waals surface area contributed by atoms with Gasteiger partial charge in [-0.15, -0.1) is 0 Å². The number of hydrogen-bond acceptors (Lipinski definition) is 5. The van der Waals surface area contributed by atoms with Crippen molar-refractivity contribution >= 4 is 5.91 Å². The third-order valence-corrected chi connectivity index (χ3v) is 4.04. The lowest BCUT2D eigenvalue weighted by Gasteiger charge is -2.16. The molecule has 1 aliphatic rings. The second kappa shape index (κ2) is 6.64. The Labute approximate surface area is 135 Å². The Morgan fingerprint density at radius 1 is 1.26 bits per heavy atom. The lowest BCUT2D eigenvalue weighted by Crippen LogP contribution is -2.25. The van der Waals surface area contributed by atoms with Gasteiger partial charge < -0.3 is 14.4 Å². The lowest BCUT2D eigenvalue weighted by atomic mass is 10.1. The van der Waals surface area contributed by atoms with Gasteiger partial charge in [-0.3, -0.25) is 4.79 Å². The maximum Gasteiger partial charge on any atom is 0.223 e. The number of ether oxygens (including phenoxy) is 2. The minimum atomic E-state index is 0.112. The van der Waals surface area contributed by atoms with Gasteiger partial charge in [0, 0.05) is 30.8 Å². The third-order valence-electron chi connectivity index (χ3n) is 4.04. The predicted octanol–water partition coefficient (Wildman–Crippen LogP) is 1.97. The van der Waals surface area contributed by atoms with Crippen LogP contribution in [0.15, 0.2) is 30.7 Å². The number of hydrogen-bond donors (Lipinski definition) is 0. The topological polar surface area (TPSA) is 64.5 Å². The molecule has 2 heterocycles. The molecule has 2 aromatic rings. The first kappa shape index (κ1) is 15.3. The Bertz CT molecular complexity index is 693. The summed E-state index contributed by atoms with van der Waals surface area (Å²) in [5.41, 5.74) is 2.97. The van der Waals surface area contributed by atoms with Crippen LogP contribution in [0.3, 0.4) is 0 Å². The van der Waals surface area contributed by atoms with Crippen LogP contribution in [0, 0.1) is 0 Å². The molecule has 0 saturated heterocycles. The number of rotatable bonds is 5. The van der Waals surface area contributed by atoms with E-state index < -0.39 is 0 Å². The van der Waals surface area contributed by atoms with E-state index in [4.69, 9.17) is 9.47 Å². The summed E-state index contributed by atoms with van der Waals surface area (Å²) < 4.78 is 10.6. The Balaban J connectivity index is 1.62. The number of nitrogens with zero attached hydrogens (tertiary/aromatic N) is 3. The molecule has 3 rings (SSSR count). The first-order valence-electron chi connectivity index (χ1n) is 7.47. The molecule has 1 aromatic carbocycles. The number of fused-ring (bicyclic) bond motifs is 1. The van der Waals surface area contributed by atoms with Crippen LogP contribution in [0.4, 0.5) is 0 Å². The molecule has 0 fully saturated rings. The molecule has 0 radical (unpaired) electrons.